The quantitative estimate of drug-likeness (QED) is 0.605. The highest BCUT2D eigenvalue weighted by atomic mass is 16.7. The van der Waals surface area contributed by atoms with Gasteiger partial charge in [0.05, 0.1) is 6.54 Å². The molecule has 2 aromatic carbocycles. The minimum Gasteiger partial charge on any atom is -0.454 e. The van der Waals surface area contributed by atoms with Gasteiger partial charge in [0.25, 0.3) is 0 Å². The van der Waals surface area contributed by atoms with Gasteiger partial charge >= 0.3 is 0 Å². The summed E-state index contributed by atoms with van der Waals surface area (Å²) in [5, 5.41) is 7.65. The summed E-state index contributed by atoms with van der Waals surface area (Å²) in [5.41, 5.74) is 3.09. The van der Waals surface area contributed by atoms with Crippen LogP contribution in [0.3, 0.4) is 0 Å². The second kappa shape index (κ2) is 8.77. The average Bonchev–Trinajstić information content (AvgIpc) is 3.47. The third-order valence-electron chi connectivity index (χ3n) is 5.62. The topological polar surface area (TPSA) is 63.0 Å². The maximum atomic E-state index is 5.49. The number of fused-ring (bicyclic) bond motifs is 1. The van der Waals surface area contributed by atoms with Gasteiger partial charge < -0.3 is 24.2 Å². The highest BCUT2D eigenvalue weighted by molar-refractivity contribution is 5.64. The van der Waals surface area contributed by atoms with Gasteiger partial charge in [0.2, 0.25) is 6.79 Å². The Balaban J connectivity index is 1.05. The van der Waals surface area contributed by atoms with Crippen LogP contribution >= 0.6 is 0 Å². The van der Waals surface area contributed by atoms with Gasteiger partial charge in [0.1, 0.15) is 5.69 Å². The number of hydrogen-bond donors (Lipinski definition) is 1. The number of nitrogens with zero attached hydrogens (tertiary/aromatic N) is 3. The van der Waals surface area contributed by atoms with Crippen LogP contribution < -0.4 is 19.7 Å². The van der Waals surface area contributed by atoms with E-state index in [-0.39, 0.29) is 6.79 Å². The maximum Gasteiger partial charge on any atom is 0.231 e. The summed E-state index contributed by atoms with van der Waals surface area (Å²) in [6.45, 7) is 7.23. The van der Waals surface area contributed by atoms with Gasteiger partial charge in [0.15, 0.2) is 17.3 Å². The van der Waals surface area contributed by atoms with Crippen LogP contribution in [-0.2, 0) is 6.54 Å². The van der Waals surface area contributed by atoms with Crippen molar-refractivity contribution in [2.24, 2.45) is 0 Å². The Bertz CT molecular complexity index is 968. The Hall–Kier alpha value is -3.03. The fourth-order valence-electron chi connectivity index (χ4n) is 3.91. The number of piperazine rings is 1. The van der Waals surface area contributed by atoms with E-state index in [1.54, 1.807) is 0 Å². The number of anilines is 1. The summed E-state index contributed by atoms with van der Waals surface area (Å²) in [6, 6.07) is 18.4. The summed E-state index contributed by atoms with van der Waals surface area (Å²) in [5.74, 6) is 2.35. The SMILES string of the molecule is c1ccc(N2CCN(CCNCc3cc(-c4ccc5c(c4)OCO5)no3)CC2)cc1. The number of aromatic nitrogens is 1. The normalized spacial score (nSPS) is 16.2. The smallest absolute Gasteiger partial charge is 0.231 e. The number of para-hydroxylation sites is 1. The first-order valence-corrected chi connectivity index (χ1v) is 10.4. The summed E-state index contributed by atoms with van der Waals surface area (Å²) < 4.78 is 16.3. The van der Waals surface area contributed by atoms with Crippen LogP contribution in [0, 0.1) is 0 Å². The molecule has 2 aliphatic heterocycles. The lowest BCUT2D eigenvalue weighted by atomic mass is 10.1. The van der Waals surface area contributed by atoms with E-state index in [0.717, 1.165) is 67.8 Å². The number of ether oxygens (including phenoxy) is 2. The van der Waals surface area contributed by atoms with Gasteiger partial charge in [0, 0.05) is 56.6 Å². The van der Waals surface area contributed by atoms with Crippen LogP contribution in [0.4, 0.5) is 5.69 Å². The van der Waals surface area contributed by atoms with E-state index in [1.807, 2.05) is 24.3 Å². The van der Waals surface area contributed by atoms with Crippen LogP contribution in [0.25, 0.3) is 11.3 Å². The second-order valence-electron chi connectivity index (χ2n) is 7.59. The molecule has 1 fully saturated rings. The van der Waals surface area contributed by atoms with Crippen molar-refractivity contribution in [3.8, 4) is 22.8 Å². The first kappa shape index (κ1) is 19.0. The summed E-state index contributed by atoms with van der Waals surface area (Å²) in [4.78, 5) is 4.96. The van der Waals surface area contributed by atoms with Crippen molar-refractivity contribution in [3.63, 3.8) is 0 Å². The van der Waals surface area contributed by atoms with Crippen molar-refractivity contribution in [3.05, 3.63) is 60.4 Å². The molecule has 1 saturated heterocycles. The average molecular weight is 406 g/mol. The van der Waals surface area contributed by atoms with Crippen LogP contribution in [-0.4, -0.2) is 56.1 Å². The third-order valence-corrected chi connectivity index (χ3v) is 5.62. The molecule has 0 aliphatic carbocycles. The molecule has 3 heterocycles. The van der Waals surface area contributed by atoms with Crippen LogP contribution in [0.5, 0.6) is 11.5 Å². The number of nitrogens with one attached hydrogen (secondary N) is 1. The molecule has 0 spiro atoms. The van der Waals surface area contributed by atoms with Crippen LogP contribution in [0.2, 0.25) is 0 Å². The van der Waals surface area contributed by atoms with Gasteiger partial charge in [-0.15, -0.1) is 0 Å². The summed E-state index contributed by atoms with van der Waals surface area (Å²) >= 11 is 0. The predicted molar refractivity (Wildman–Crippen MR) is 115 cm³/mol. The van der Waals surface area contributed by atoms with Gasteiger partial charge in [-0.3, -0.25) is 4.90 Å². The molecule has 1 aromatic heterocycles. The van der Waals surface area contributed by atoms with Gasteiger partial charge in [-0.05, 0) is 30.3 Å². The molecular weight excluding hydrogens is 380 g/mol. The number of rotatable bonds is 7. The first-order valence-electron chi connectivity index (χ1n) is 10.4. The zero-order chi connectivity index (χ0) is 20.2. The van der Waals surface area contributed by atoms with E-state index >= 15 is 0 Å². The van der Waals surface area contributed by atoms with Gasteiger partial charge in [-0.1, -0.05) is 23.4 Å². The fraction of sp³-hybridized carbons (Fsp3) is 0.348. The molecular formula is C23H26N4O3. The molecule has 0 unspecified atom stereocenters. The molecule has 7 heteroatoms. The van der Waals surface area contributed by atoms with Crippen LogP contribution in [0.1, 0.15) is 5.76 Å². The van der Waals surface area contributed by atoms with E-state index in [1.165, 1.54) is 5.69 Å². The molecule has 1 N–H and O–H groups in total. The van der Waals surface area contributed by atoms with Crippen molar-refractivity contribution in [1.82, 2.24) is 15.4 Å². The van der Waals surface area contributed by atoms with Crippen molar-refractivity contribution in [2.75, 3.05) is 51.0 Å². The standard InChI is InChI=1S/C23H26N4O3/c1-2-4-19(5-3-1)27-12-10-26(11-13-27)9-8-24-16-20-15-21(25-30-20)18-6-7-22-23(14-18)29-17-28-22/h1-7,14-15,24H,8-13,16-17H2. The molecule has 0 atom stereocenters. The molecule has 2 aliphatic rings. The van der Waals surface area contributed by atoms with E-state index in [2.05, 4.69) is 50.6 Å². The van der Waals surface area contributed by atoms with Crippen molar-refractivity contribution >= 4 is 5.69 Å². The number of hydrogen-bond acceptors (Lipinski definition) is 7. The van der Waals surface area contributed by atoms with Crippen molar-refractivity contribution in [1.29, 1.82) is 0 Å². The Labute approximate surface area is 176 Å². The molecule has 0 saturated carbocycles. The lowest BCUT2D eigenvalue weighted by Gasteiger charge is -2.36. The highest BCUT2D eigenvalue weighted by Crippen LogP contribution is 2.35. The summed E-state index contributed by atoms with van der Waals surface area (Å²) in [7, 11) is 0. The first-order chi connectivity index (χ1) is 14.8. The van der Waals surface area contributed by atoms with E-state index < -0.39 is 0 Å². The molecule has 0 amide bonds. The predicted octanol–water partition coefficient (Wildman–Crippen LogP) is 2.98. The Morgan fingerprint density at radius 2 is 1.73 bits per heavy atom. The second-order valence-corrected chi connectivity index (χ2v) is 7.59. The minimum absolute atomic E-state index is 0.272. The molecule has 3 aromatic rings. The largest absolute Gasteiger partial charge is 0.454 e. The van der Waals surface area contributed by atoms with Gasteiger partial charge in [-0.25, -0.2) is 0 Å². The molecule has 0 bridgehead atoms. The molecule has 5 rings (SSSR count). The zero-order valence-electron chi connectivity index (χ0n) is 16.9. The Kier molecular flexibility index (Phi) is 5.54. The Morgan fingerprint density at radius 3 is 2.60 bits per heavy atom. The van der Waals surface area contributed by atoms with Crippen LogP contribution in [0.15, 0.2) is 59.1 Å². The summed E-state index contributed by atoms with van der Waals surface area (Å²) in [6.07, 6.45) is 0. The fourth-order valence-corrected chi connectivity index (χ4v) is 3.91. The van der Waals surface area contributed by atoms with Crippen molar-refractivity contribution in [2.45, 2.75) is 6.54 Å². The molecule has 30 heavy (non-hydrogen) atoms. The van der Waals surface area contributed by atoms with E-state index in [9.17, 15) is 0 Å². The molecule has 156 valence electrons. The minimum atomic E-state index is 0.272. The monoisotopic (exact) mass is 406 g/mol. The molecule has 7 nitrogen and oxygen atoms in total. The zero-order valence-corrected chi connectivity index (χ0v) is 16.9. The van der Waals surface area contributed by atoms with E-state index in [0.29, 0.717) is 6.54 Å². The maximum absolute atomic E-state index is 5.49. The van der Waals surface area contributed by atoms with Gasteiger partial charge in [-0.2, -0.15) is 0 Å². The Morgan fingerprint density at radius 1 is 0.900 bits per heavy atom. The van der Waals surface area contributed by atoms with E-state index in [4.69, 9.17) is 14.0 Å². The highest BCUT2D eigenvalue weighted by Gasteiger charge is 2.17. The van der Waals surface area contributed by atoms with Crippen molar-refractivity contribution < 1.29 is 14.0 Å². The molecule has 0 radical (unpaired) electrons. The lowest BCUT2D eigenvalue weighted by molar-refractivity contribution is 0.174. The third kappa shape index (κ3) is 4.27. The number of benzene rings is 2. The lowest BCUT2D eigenvalue weighted by Crippen LogP contribution is -2.48.